The van der Waals surface area contributed by atoms with Gasteiger partial charge in [0.05, 0.1) is 29.0 Å². The van der Waals surface area contributed by atoms with E-state index in [4.69, 9.17) is 9.40 Å². The second-order valence-electron chi connectivity index (χ2n) is 6.24. The van der Waals surface area contributed by atoms with Gasteiger partial charge in [0.15, 0.2) is 5.76 Å². The van der Waals surface area contributed by atoms with Crippen LogP contribution >= 0.6 is 11.3 Å². The molecule has 4 aromatic rings. The molecule has 0 aliphatic carbocycles. The number of hydrogen-bond donors (Lipinski definition) is 0. The van der Waals surface area contributed by atoms with Crippen LogP contribution < -0.4 is 0 Å². The Kier molecular flexibility index (Phi) is 4.53. The van der Waals surface area contributed by atoms with Crippen molar-refractivity contribution in [1.82, 2.24) is 14.9 Å². The van der Waals surface area contributed by atoms with E-state index in [9.17, 15) is 4.39 Å². The largest absolute Gasteiger partial charge is 0.439 e. The molecule has 0 saturated heterocycles. The first kappa shape index (κ1) is 16.9. The minimum atomic E-state index is -0.266. The van der Waals surface area contributed by atoms with E-state index in [1.807, 2.05) is 25.2 Å². The molecule has 4 nitrogen and oxygen atoms in total. The standard InChI is InChI=1S/C20H18FN3OS/c1-13(20-23-16-5-3-4-6-18(16)26-20)24(2)12-19-22-11-17(25-19)14-7-9-15(21)10-8-14/h3-11,13H,12H2,1-2H3/t13-/m0/s1. The maximum absolute atomic E-state index is 13.0. The molecule has 0 fully saturated rings. The van der Waals surface area contributed by atoms with Crippen molar-refractivity contribution in [3.05, 3.63) is 71.4 Å². The van der Waals surface area contributed by atoms with Gasteiger partial charge in [0.2, 0.25) is 5.89 Å². The summed E-state index contributed by atoms with van der Waals surface area (Å²) in [6.07, 6.45) is 1.68. The summed E-state index contributed by atoms with van der Waals surface area (Å²) in [5.41, 5.74) is 1.84. The first-order valence-corrected chi connectivity index (χ1v) is 9.18. The van der Waals surface area contributed by atoms with Gasteiger partial charge in [-0.15, -0.1) is 11.3 Å². The zero-order valence-electron chi connectivity index (χ0n) is 14.5. The topological polar surface area (TPSA) is 42.2 Å². The summed E-state index contributed by atoms with van der Waals surface area (Å²) in [6.45, 7) is 2.69. The molecule has 0 N–H and O–H groups in total. The lowest BCUT2D eigenvalue weighted by atomic mass is 10.2. The van der Waals surface area contributed by atoms with Gasteiger partial charge in [-0.1, -0.05) is 12.1 Å². The Hall–Kier alpha value is -2.57. The Balaban J connectivity index is 1.49. The molecule has 2 aromatic carbocycles. The molecule has 0 saturated carbocycles. The Bertz CT molecular complexity index is 992. The maximum Gasteiger partial charge on any atom is 0.209 e. The van der Waals surface area contributed by atoms with Gasteiger partial charge in [0.25, 0.3) is 0 Å². The molecule has 1 atom stereocenters. The lowest BCUT2D eigenvalue weighted by Crippen LogP contribution is -2.21. The molecule has 132 valence electrons. The smallest absolute Gasteiger partial charge is 0.209 e. The predicted octanol–water partition coefficient (Wildman–Crippen LogP) is 5.28. The summed E-state index contributed by atoms with van der Waals surface area (Å²) >= 11 is 1.71. The minimum Gasteiger partial charge on any atom is -0.439 e. The third-order valence-corrected chi connectivity index (χ3v) is 5.60. The summed E-state index contributed by atoms with van der Waals surface area (Å²) < 4.78 is 20.1. The van der Waals surface area contributed by atoms with Gasteiger partial charge in [-0.3, -0.25) is 4.90 Å². The number of fused-ring (bicyclic) bond motifs is 1. The van der Waals surface area contributed by atoms with Crippen molar-refractivity contribution in [2.24, 2.45) is 0 Å². The van der Waals surface area contributed by atoms with E-state index in [-0.39, 0.29) is 11.9 Å². The van der Waals surface area contributed by atoms with Crippen LogP contribution in [0, 0.1) is 5.82 Å². The zero-order chi connectivity index (χ0) is 18.1. The summed E-state index contributed by atoms with van der Waals surface area (Å²) in [6, 6.07) is 14.5. The van der Waals surface area contributed by atoms with E-state index in [0.717, 1.165) is 16.1 Å². The van der Waals surface area contributed by atoms with Crippen LogP contribution in [0.25, 0.3) is 21.5 Å². The van der Waals surface area contributed by atoms with Crippen molar-refractivity contribution in [2.45, 2.75) is 19.5 Å². The molecule has 26 heavy (non-hydrogen) atoms. The second kappa shape index (κ2) is 6.97. The Morgan fingerprint density at radius 2 is 1.92 bits per heavy atom. The molecule has 0 unspecified atom stereocenters. The Morgan fingerprint density at radius 3 is 2.69 bits per heavy atom. The van der Waals surface area contributed by atoms with Crippen molar-refractivity contribution in [2.75, 3.05) is 7.05 Å². The van der Waals surface area contributed by atoms with Gasteiger partial charge in [0.1, 0.15) is 10.8 Å². The fourth-order valence-corrected chi connectivity index (χ4v) is 3.82. The first-order chi connectivity index (χ1) is 12.6. The Morgan fingerprint density at radius 1 is 1.15 bits per heavy atom. The van der Waals surface area contributed by atoms with Crippen molar-refractivity contribution in [3.63, 3.8) is 0 Å². The highest BCUT2D eigenvalue weighted by Crippen LogP contribution is 2.30. The number of rotatable bonds is 5. The van der Waals surface area contributed by atoms with Crippen LogP contribution in [-0.4, -0.2) is 21.9 Å². The molecule has 0 bridgehead atoms. The number of hydrogen-bond acceptors (Lipinski definition) is 5. The summed E-state index contributed by atoms with van der Waals surface area (Å²) in [5.74, 6) is 0.999. The predicted molar refractivity (Wildman–Crippen MR) is 101 cm³/mol. The zero-order valence-corrected chi connectivity index (χ0v) is 15.3. The van der Waals surface area contributed by atoms with Crippen molar-refractivity contribution in [1.29, 1.82) is 0 Å². The first-order valence-electron chi connectivity index (χ1n) is 8.36. The van der Waals surface area contributed by atoms with Crippen molar-refractivity contribution < 1.29 is 8.81 Å². The quantitative estimate of drug-likeness (QED) is 0.481. The van der Waals surface area contributed by atoms with Crippen LogP contribution in [0.15, 0.2) is 59.1 Å². The number of benzene rings is 2. The van der Waals surface area contributed by atoms with Crippen LogP contribution in [-0.2, 0) is 6.54 Å². The summed E-state index contributed by atoms with van der Waals surface area (Å²) in [5, 5.41) is 1.07. The molecule has 0 amide bonds. The van der Waals surface area contributed by atoms with E-state index < -0.39 is 0 Å². The van der Waals surface area contributed by atoms with Crippen molar-refractivity contribution in [3.8, 4) is 11.3 Å². The van der Waals surface area contributed by atoms with E-state index in [1.54, 1.807) is 29.7 Å². The SMILES string of the molecule is C[C@@H](c1nc2ccccc2s1)N(C)Cc1ncc(-c2ccc(F)cc2)o1. The molecule has 2 aromatic heterocycles. The lowest BCUT2D eigenvalue weighted by Gasteiger charge is -2.21. The normalized spacial score (nSPS) is 12.8. The van der Waals surface area contributed by atoms with E-state index in [2.05, 4.69) is 22.9 Å². The average molecular weight is 367 g/mol. The van der Waals surface area contributed by atoms with E-state index >= 15 is 0 Å². The average Bonchev–Trinajstić information content (AvgIpc) is 3.28. The highest BCUT2D eigenvalue weighted by atomic mass is 32.1. The Labute approximate surface area is 154 Å². The number of oxazole rings is 1. The van der Waals surface area contributed by atoms with Crippen LogP contribution in [0.1, 0.15) is 23.9 Å². The number of nitrogens with zero attached hydrogens (tertiary/aromatic N) is 3. The fraction of sp³-hybridized carbons (Fsp3) is 0.200. The minimum absolute atomic E-state index is 0.147. The molecule has 0 radical (unpaired) electrons. The molecular formula is C20H18FN3OS. The molecule has 6 heteroatoms. The third kappa shape index (κ3) is 3.38. The maximum atomic E-state index is 13.0. The van der Waals surface area contributed by atoms with E-state index in [0.29, 0.717) is 18.2 Å². The fourth-order valence-electron chi connectivity index (χ4n) is 2.74. The number of aromatic nitrogens is 2. The molecule has 0 aliphatic heterocycles. The highest BCUT2D eigenvalue weighted by Gasteiger charge is 2.18. The van der Waals surface area contributed by atoms with Gasteiger partial charge in [-0.05, 0) is 50.4 Å². The number of para-hydroxylation sites is 1. The van der Waals surface area contributed by atoms with Gasteiger partial charge < -0.3 is 4.42 Å². The number of halogens is 1. The second-order valence-corrected chi connectivity index (χ2v) is 7.30. The molecule has 0 aliphatic rings. The molecule has 4 rings (SSSR count). The summed E-state index contributed by atoms with van der Waals surface area (Å²) in [4.78, 5) is 11.2. The van der Waals surface area contributed by atoms with Crippen LogP contribution in [0.4, 0.5) is 4.39 Å². The van der Waals surface area contributed by atoms with Gasteiger partial charge in [-0.25, -0.2) is 14.4 Å². The molecule has 0 spiro atoms. The molecular weight excluding hydrogens is 349 g/mol. The van der Waals surface area contributed by atoms with Crippen molar-refractivity contribution >= 4 is 21.6 Å². The van der Waals surface area contributed by atoms with Crippen LogP contribution in [0.3, 0.4) is 0 Å². The van der Waals surface area contributed by atoms with Gasteiger partial charge >= 0.3 is 0 Å². The van der Waals surface area contributed by atoms with Crippen LogP contribution in [0.2, 0.25) is 0 Å². The van der Waals surface area contributed by atoms with Gasteiger partial charge in [-0.2, -0.15) is 0 Å². The van der Waals surface area contributed by atoms with E-state index in [1.165, 1.54) is 16.8 Å². The number of thiazole rings is 1. The summed E-state index contributed by atoms with van der Waals surface area (Å²) in [7, 11) is 2.03. The van der Waals surface area contributed by atoms with Gasteiger partial charge in [0, 0.05) is 5.56 Å². The third-order valence-electron chi connectivity index (χ3n) is 4.40. The molecule has 2 heterocycles. The monoisotopic (exact) mass is 367 g/mol. The highest BCUT2D eigenvalue weighted by molar-refractivity contribution is 7.18. The van der Waals surface area contributed by atoms with Crippen LogP contribution in [0.5, 0.6) is 0 Å². The lowest BCUT2D eigenvalue weighted by molar-refractivity contribution is 0.228.